The van der Waals surface area contributed by atoms with Crippen LogP contribution in [0.3, 0.4) is 0 Å². The third-order valence-electron chi connectivity index (χ3n) is 7.35. The molecule has 0 saturated carbocycles. The summed E-state index contributed by atoms with van der Waals surface area (Å²) in [6, 6.07) is 25.4. The van der Waals surface area contributed by atoms with Gasteiger partial charge >= 0.3 is 7.12 Å². The SMILES string of the molecule is CC1(C)OB(c2ccc3c(c2)nc(-c2ccc(F)cc2)c2ccc4ccccc4c23)OC1(C)C. The standard InChI is InChI=1S/C29H25BFNO2/c1-28(2)29(3,4)34-30(33-28)20-12-16-23-25(17-20)32-27(19-9-13-21(31)14-10-19)24-15-11-18-7-5-6-8-22(18)26(23)24/h5-17H,1-4H3. The molecule has 0 spiro atoms. The molecule has 1 aliphatic heterocycles. The lowest BCUT2D eigenvalue weighted by Gasteiger charge is -2.32. The molecule has 1 fully saturated rings. The van der Waals surface area contributed by atoms with Crippen LogP contribution in [0.1, 0.15) is 27.7 Å². The zero-order valence-electron chi connectivity index (χ0n) is 19.7. The van der Waals surface area contributed by atoms with Gasteiger partial charge in [0.05, 0.1) is 22.4 Å². The fourth-order valence-electron chi connectivity index (χ4n) is 4.75. The number of pyridine rings is 1. The second-order valence-corrected chi connectivity index (χ2v) is 10.0. The van der Waals surface area contributed by atoms with Crippen LogP contribution in [-0.4, -0.2) is 23.3 Å². The molecule has 4 aromatic carbocycles. The molecule has 168 valence electrons. The fourth-order valence-corrected chi connectivity index (χ4v) is 4.75. The molecule has 6 rings (SSSR count). The summed E-state index contributed by atoms with van der Waals surface area (Å²) in [5, 5.41) is 5.59. The lowest BCUT2D eigenvalue weighted by atomic mass is 9.78. The Labute approximate surface area is 198 Å². The summed E-state index contributed by atoms with van der Waals surface area (Å²) in [5.41, 5.74) is 2.67. The first-order valence-corrected chi connectivity index (χ1v) is 11.6. The van der Waals surface area contributed by atoms with E-state index in [1.165, 1.54) is 22.9 Å². The normalized spacial score (nSPS) is 17.1. The number of hydrogen-bond acceptors (Lipinski definition) is 3. The molecule has 5 aromatic rings. The first-order chi connectivity index (χ1) is 16.2. The van der Waals surface area contributed by atoms with Crippen molar-refractivity contribution in [3.63, 3.8) is 0 Å². The third kappa shape index (κ3) is 3.23. The smallest absolute Gasteiger partial charge is 0.399 e. The predicted molar refractivity (Wildman–Crippen MR) is 138 cm³/mol. The summed E-state index contributed by atoms with van der Waals surface area (Å²) in [4.78, 5) is 5.08. The van der Waals surface area contributed by atoms with Crippen LogP contribution in [0.4, 0.5) is 4.39 Å². The lowest BCUT2D eigenvalue weighted by Crippen LogP contribution is -2.41. The van der Waals surface area contributed by atoms with Crippen molar-refractivity contribution in [1.82, 2.24) is 4.98 Å². The first kappa shape index (κ1) is 21.3. The van der Waals surface area contributed by atoms with E-state index < -0.39 is 18.3 Å². The zero-order chi connectivity index (χ0) is 23.7. The van der Waals surface area contributed by atoms with Crippen molar-refractivity contribution < 1.29 is 13.7 Å². The zero-order valence-corrected chi connectivity index (χ0v) is 19.7. The molecule has 1 aromatic heterocycles. The van der Waals surface area contributed by atoms with Crippen LogP contribution >= 0.6 is 0 Å². The van der Waals surface area contributed by atoms with E-state index in [1.807, 2.05) is 0 Å². The molecule has 0 atom stereocenters. The van der Waals surface area contributed by atoms with Crippen molar-refractivity contribution in [3.05, 3.63) is 84.7 Å². The minimum Gasteiger partial charge on any atom is -0.399 e. The van der Waals surface area contributed by atoms with E-state index in [1.54, 1.807) is 12.1 Å². The Morgan fingerprint density at radius 3 is 2.15 bits per heavy atom. The Balaban J connectivity index is 1.63. The number of rotatable bonds is 2. The molecule has 0 unspecified atom stereocenters. The topological polar surface area (TPSA) is 31.4 Å². The third-order valence-corrected chi connectivity index (χ3v) is 7.35. The van der Waals surface area contributed by atoms with Crippen LogP contribution in [0.5, 0.6) is 0 Å². The van der Waals surface area contributed by atoms with Gasteiger partial charge in [0.15, 0.2) is 0 Å². The molecular weight excluding hydrogens is 424 g/mol. The van der Waals surface area contributed by atoms with Crippen LogP contribution in [0.25, 0.3) is 43.7 Å². The van der Waals surface area contributed by atoms with Crippen molar-refractivity contribution in [2.24, 2.45) is 0 Å². The quantitative estimate of drug-likeness (QED) is 0.224. The molecular formula is C29H25BFNO2. The van der Waals surface area contributed by atoms with E-state index in [9.17, 15) is 4.39 Å². The maximum Gasteiger partial charge on any atom is 0.494 e. The average Bonchev–Trinajstić information content (AvgIpc) is 3.05. The van der Waals surface area contributed by atoms with Crippen molar-refractivity contribution >= 4 is 45.0 Å². The summed E-state index contributed by atoms with van der Waals surface area (Å²) in [6.45, 7) is 8.22. The molecule has 5 heteroatoms. The van der Waals surface area contributed by atoms with Gasteiger partial charge in [0.1, 0.15) is 5.82 Å². The maximum absolute atomic E-state index is 13.7. The molecule has 0 aliphatic carbocycles. The highest BCUT2D eigenvalue weighted by molar-refractivity contribution is 6.62. The second-order valence-electron chi connectivity index (χ2n) is 10.0. The van der Waals surface area contributed by atoms with E-state index in [-0.39, 0.29) is 5.82 Å². The van der Waals surface area contributed by atoms with Gasteiger partial charge in [-0.1, -0.05) is 48.5 Å². The highest BCUT2D eigenvalue weighted by Crippen LogP contribution is 2.39. The van der Waals surface area contributed by atoms with Gasteiger partial charge in [-0.15, -0.1) is 0 Å². The second kappa shape index (κ2) is 7.36. The predicted octanol–water partition coefficient (Wildman–Crippen LogP) is 6.65. The van der Waals surface area contributed by atoms with E-state index in [2.05, 4.69) is 82.3 Å². The minimum absolute atomic E-state index is 0.262. The number of benzene rings is 4. The molecule has 3 nitrogen and oxygen atoms in total. The highest BCUT2D eigenvalue weighted by atomic mass is 19.1. The number of halogens is 1. The summed E-state index contributed by atoms with van der Waals surface area (Å²) in [5.74, 6) is -0.262. The Kier molecular flexibility index (Phi) is 4.60. The van der Waals surface area contributed by atoms with Crippen molar-refractivity contribution in [3.8, 4) is 11.3 Å². The van der Waals surface area contributed by atoms with Crippen LogP contribution < -0.4 is 5.46 Å². The summed E-state index contributed by atoms with van der Waals surface area (Å²) in [6.07, 6.45) is 0. The van der Waals surface area contributed by atoms with E-state index in [4.69, 9.17) is 14.3 Å². The van der Waals surface area contributed by atoms with Crippen molar-refractivity contribution in [2.45, 2.75) is 38.9 Å². The molecule has 2 heterocycles. The fraction of sp³-hybridized carbons (Fsp3) is 0.207. The lowest BCUT2D eigenvalue weighted by molar-refractivity contribution is 0.00578. The van der Waals surface area contributed by atoms with Gasteiger partial charge in [-0.05, 0) is 74.3 Å². The number of hydrogen-bond donors (Lipinski definition) is 0. The Bertz CT molecular complexity index is 1560. The molecule has 1 aliphatic rings. The van der Waals surface area contributed by atoms with Crippen LogP contribution in [-0.2, 0) is 9.31 Å². The van der Waals surface area contributed by atoms with Crippen molar-refractivity contribution in [2.75, 3.05) is 0 Å². The molecule has 0 amide bonds. The minimum atomic E-state index is -0.464. The average molecular weight is 449 g/mol. The van der Waals surface area contributed by atoms with Gasteiger partial charge in [-0.2, -0.15) is 0 Å². The number of fused-ring (bicyclic) bond motifs is 5. The van der Waals surface area contributed by atoms with Gasteiger partial charge in [-0.25, -0.2) is 9.37 Å². The summed E-state index contributed by atoms with van der Waals surface area (Å²) in [7, 11) is -0.464. The van der Waals surface area contributed by atoms with E-state index in [0.717, 1.165) is 38.4 Å². The highest BCUT2D eigenvalue weighted by Gasteiger charge is 2.51. The van der Waals surface area contributed by atoms with Crippen molar-refractivity contribution in [1.29, 1.82) is 0 Å². The molecule has 0 radical (unpaired) electrons. The first-order valence-electron chi connectivity index (χ1n) is 11.6. The Hall–Kier alpha value is -3.28. The van der Waals surface area contributed by atoms with Gasteiger partial charge in [0, 0.05) is 21.7 Å². The largest absolute Gasteiger partial charge is 0.494 e. The maximum atomic E-state index is 13.7. The Morgan fingerprint density at radius 1 is 0.735 bits per heavy atom. The number of nitrogens with zero attached hydrogens (tertiary/aromatic N) is 1. The summed E-state index contributed by atoms with van der Waals surface area (Å²) >= 11 is 0. The Morgan fingerprint density at radius 2 is 1.41 bits per heavy atom. The van der Waals surface area contributed by atoms with Gasteiger partial charge in [-0.3, -0.25) is 0 Å². The molecule has 34 heavy (non-hydrogen) atoms. The monoisotopic (exact) mass is 449 g/mol. The molecule has 0 N–H and O–H groups in total. The van der Waals surface area contributed by atoms with E-state index >= 15 is 0 Å². The van der Waals surface area contributed by atoms with Gasteiger partial charge in [0.2, 0.25) is 0 Å². The van der Waals surface area contributed by atoms with E-state index in [0.29, 0.717) is 0 Å². The van der Waals surface area contributed by atoms with Crippen LogP contribution in [0.15, 0.2) is 78.9 Å². The van der Waals surface area contributed by atoms with Gasteiger partial charge < -0.3 is 9.31 Å². The molecule has 1 saturated heterocycles. The van der Waals surface area contributed by atoms with Crippen LogP contribution in [0.2, 0.25) is 0 Å². The summed E-state index contributed by atoms with van der Waals surface area (Å²) < 4.78 is 26.3. The van der Waals surface area contributed by atoms with Crippen LogP contribution in [0, 0.1) is 5.82 Å². The van der Waals surface area contributed by atoms with Gasteiger partial charge in [0.25, 0.3) is 0 Å². The molecule has 0 bridgehead atoms. The number of aromatic nitrogens is 1.